The van der Waals surface area contributed by atoms with Crippen molar-refractivity contribution < 1.29 is 4.39 Å². The van der Waals surface area contributed by atoms with Crippen LogP contribution >= 0.6 is 23.4 Å². The molecular weight excluding hydrogens is 319 g/mol. The summed E-state index contributed by atoms with van der Waals surface area (Å²) in [4.78, 5) is 0.573. The SMILES string of the molecule is CN(N)c1cccc(C2CC2)c1CSc1cc(Cl)ccc1F. The number of anilines is 1. The Balaban J connectivity index is 1.89. The molecule has 2 aromatic carbocycles. The highest BCUT2D eigenvalue weighted by atomic mass is 35.5. The van der Waals surface area contributed by atoms with Crippen molar-refractivity contribution in [2.75, 3.05) is 12.1 Å². The lowest BCUT2D eigenvalue weighted by Crippen LogP contribution is -2.26. The summed E-state index contributed by atoms with van der Waals surface area (Å²) in [6, 6.07) is 10.9. The molecule has 116 valence electrons. The molecule has 0 spiro atoms. The van der Waals surface area contributed by atoms with Crippen LogP contribution in [-0.4, -0.2) is 7.05 Å². The van der Waals surface area contributed by atoms with Gasteiger partial charge in [-0.3, -0.25) is 0 Å². The molecule has 2 N–H and O–H groups in total. The number of hydrogen-bond acceptors (Lipinski definition) is 3. The summed E-state index contributed by atoms with van der Waals surface area (Å²) in [5.41, 5.74) is 3.53. The van der Waals surface area contributed by atoms with E-state index in [1.54, 1.807) is 17.1 Å². The van der Waals surface area contributed by atoms with Crippen LogP contribution < -0.4 is 10.9 Å². The molecule has 22 heavy (non-hydrogen) atoms. The van der Waals surface area contributed by atoms with Gasteiger partial charge in [0.15, 0.2) is 0 Å². The molecule has 2 aromatic rings. The smallest absolute Gasteiger partial charge is 0.136 e. The van der Waals surface area contributed by atoms with Crippen LogP contribution in [0.15, 0.2) is 41.3 Å². The van der Waals surface area contributed by atoms with Crippen LogP contribution in [0, 0.1) is 5.82 Å². The second-order valence-corrected chi connectivity index (χ2v) is 7.05. The minimum atomic E-state index is -0.235. The molecule has 0 heterocycles. The fraction of sp³-hybridized carbons (Fsp3) is 0.294. The van der Waals surface area contributed by atoms with E-state index in [4.69, 9.17) is 17.4 Å². The normalized spacial score (nSPS) is 14.2. The van der Waals surface area contributed by atoms with E-state index in [2.05, 4.69) is 6.07 Å². The van der Waals surface area contributed by atoms with Crippen molar-refractivity contribution in [1.82, 2.24) is 0 Å². The van der Waals surface area contributed by atoms with E-state index in [0.717, 1.165) is 5.69 Å². The lowest BCUT2D eigenvalue weighted by Gasteiger charge is -2.20. The third-order valence-corrected chi connectivity index (χ3v) is 5.14. The summed E-state index contributed by atoms with van der Waals surface area (Å²) in [6.45, 7) is 0. The van der Waals surface area contributed by atoms with Crippen molar-refractivity contribution in [3.05, 3.63) is 58.4 Å². The topological polar surface area (TPSA) is 29.3 Å². The molecule has 1 saturated carbocycles. The van der Waals surface area contributed by atoms with Gasteiger partial charge in [-0.15, -0.1) is 11.8 Å². The highest BCUT2D eigenvalue weighted by molar-refractivity contribution is 7.98. The molecule has 0 bridgehead atoms. The van der Waals surface area contributed by atoms with Crippen molar-refractivity contribution in [1.29, 1.82) is 0 Å². The van der Waals surface area contributed by atoms with Crippen LogP contribution in [0.1, 0.15) is 29.9 Å². The van der Waals surface area contributed by atoms with Gasteiger partial charge in [-0.1, -0.05) is 23.7 Å². The molecule has 0 saturated heterocycles. The first kappa shape index (κ1) is 15.7. The number of nitrogens with zero attached hydrogens (tertiary/aromatic N) is 1. The minimum absolute atomic E-state index is 0.235. The Morgan fingerprint density at radius 2 is 2.09 bits per heavy atom. The molecule has 0 unspecified atom stereocenters. The predicted octanol–water partition coefficient (Wildman–Crippen LogP) is 4.96. The standard InChI is InChI=1S/C17H18ClFN2S/c1-21(20)16-4-2-3-13(11-5-6-11)14(16)10-22-17-9-12(18)7-8-15(17)19/h2-4,7-9,11H,5-6,10,20H2,1H3. The quantitative estimate of drug-likeness (QED) is 0.475. The van der Waals surface area contributed by atoms with E-state index in [1.807, 2.05) is 19.2 Å². The van der Waals surface area contributed by atoms with Crippen molar-refractivity contribution in [3.8, 4) is 0 Å². The summed E-state index contributed by atoms with van der Waals surface area (Å²) in [7, 11) is 1.83. The zero-order chi connectivity index (χ0) is 15.7. The molecule has 0 atom stereocenters. The maximum absolute atomic E-state index is 13.9. The molecule has 3 rings (SSSR count). The van der Waals surface area contributed by atoms with Crippen LogP contribution in [0.4, 0.5) is 10.1 Å². The summed E-state index contributed by atoms with van der Waals surface area (Å²) < 4.78 is 13.9. The Morgan fingerprint density at radius 1 is 1.32 bits per heavy atom. The van der Waals surface area contributed by atoms with Crippen LogP contribution in [-0.2, 0) is 5.75 Å². The molecule has 1 aliphatic rings. The Labute approximate surface area is 139 Å². The summed E-state index contributed by atoms with van der Waals surface area (Å²) in [5, 5.41) is 2.19. The van der Waals surface area contributed by atoms with Crippen molar-refractivity contribution in [2.45, 2.75) is 29.4 Å². The Hall–Kier alpha value is -1.23. The van der Waals surface area contributed by atoms with Crippen LogP contribution in [0.2, 0.25) is 5.02 Å². The lowest BCUT2D eigenvalue weighted by molar-refractivity contribution is 0.602. The van der Waals surface area contributed by atoms with E-state index in [0.29, 0.717) is 21.6 Å². The fourth-order valence-corrected chi connectivity index (χ4v) is 3.86. The molecule has 1 fully saturated rings. The van der Waals surface area contributed by atoms with E-state index < -0.39 is 0 Å². The second-order valence-electron chi connectivity index (χ2n) is 5.59. The average molecular weight is 337 g/mol. The van der Waals surface area contributed by atoms with E-state index in [-0.39, 0.29) is 5.82 Å². The Bertz CT molecular complexity index is 666. The molecular formula is C17H18ClFN2S. The molecule has 1 aliphatic carbocycles. The maximum atomic E-state index is 13.9. The Morgan fingerprint density at radius 3 is 2.77 bits per heavy atom. The third-order valence-electron chi connectivity index (χ3n) is 3.85. The number of halogens is 2. The van der Waals surface area contributed by atoms with Crippen molar-refractivity contribution in [3.63, 3.8) is 0 Å². The largest absolute Gasteiger partial charge is 0.314 e. The van der Waals surface area contributed by atoms with Gasteiger partial charge in [0.05, 0.1) is 5.69 Å². The van der Waals surface area contributed by atoms with Gasteiger partial charge in [0.25, 0.3) is 0 Å². The van der Waals surface area contributed by atoms with E-state index in [9.17, 15) is 4.39 Å². The lowest BCUT2D eigenvalue weighted by atomic mass is 10.0. The van der Waals surface area contributed by atoms with Crippen molar-refractivity contribution >= 4 is 29.1 Å². The Kier molecular flexibility index (Phi) is 4.62. The van der Waals surface area contributed by atoms with Gasteiger partial charge in [0, 0.05) is 22.7 Å². The first-order chi connectivity index (χ1) is 10.6. The highest BCUT2D eigenvalue weighted by Gasteiger charge is 2.27. The number of benzene rings is 2. The molecule has 0 aromatic heterocycles. The van der Waals surface area contributed by atoms with E-state index >= 15 is 0 Å². The highest BCUT2D eigenvalue weighted by Crippen LogP contribution is 2.45. The zero-order valence-electron chi connectivity index (χ0n) is 12.4. The summed E-state index contributed by atoms with van der Waals surface area (Å²) in [6.07, 6.45) is 2.45. The predicted molar refractivity (Wildman–Crippen MR) is 92.0 cm³/mol. The number of thioether (sulfide) groups is 1. The first-order valence-electron chi connectivity index (χ1n) is 7.24. The van der Waals surface area contributed by atoms with E-state index in [1.165, 1.54) is 41.8 Å². The van der Waals surface area contributed by atoms with Crippen molar-refractivity contribution in [2.24, 2.45) is 5.84 Å². The van der Waals surface area contributed by atoms with Crippen LogP contribution in [0.5, 0.6) is 0 Å². The summed E-state index contributed by atoms with van der Waals surface area (Å²) in [5.74, 6) is 7.03. The van der Waals surface area contributed by atoms with Gasteiger partial charge in [-0.2, -0.15) is 0 Å². The van der Waals surface area contributed by atoms with Gasteiger partial charge >= 0.3 is 0 Å². The van der Waals surface area contributed by atoms with Gasteiger partial charge < -0.3 is 5.01 Å². The van der Waals surface area contributed by atoms with Gasteiger partial charge in [-0.25, -0.2) is 10.2 Å². The molecule has 5 heteroatoms. The molecule has 0 radical (unpaired) electrons. The van der Waals surface area contributed by atoms with Gasteiger partial charge in [0.1, 0.15) is 5.82 Å². The average Bonchev–Trinajstić information content (AvgIpc) is 3.32. The first-order valence-corrected chi connectivity index (χ1v) is 8.60. The number of hydrazine groups is 1. The molecule has 0 amide bonds. The van der Waals surface area contributed by atoms with Gasteiger partial charge in [0.2, 0.25) is 0 Å². The van der Waals surface area contributed by atoms with Crippen LogP contribution in [0.25, 0.3) is 0 Å². The van der Waals surface area contributed by atoms with Gasteiger partial charge in [-0.05, 0) is 54.2 Å². The molecule has 2 nitrogen and oxygen atoms in total. The molecule has 0 aliphatic heterocycles. The maximum Gasteiger partial charge on any atom is 0.136 e. The monoisotopic (exact) mass is 336 g/mol. The second kappa shape index (κ2) is 6.49. The minimum Gasteiger partial charge on any atom is -0.314 e. The number of nitrogens with two attached hydrogens (primary N) is 1. The third kappa shape index (κ3) is 3.40. The summed E-state index contributed by atoms with van der Waals surface area (Å²) >= 11 is 7.43. The van der Waals surface area contributed by atoms with Crippen LogP contribution in [0.3, 0.4) is 0 Å². The number of hydrogen-bond donors (Lipinski definition) is 1. The fourth-order valence-electron chi connectivity index (χ4n) is 2.59. The number of rotatable bonds is 5. The zero-order valence-corrected chi connectivity index (χ0v) is 13.9.